The van der Waals surface area contributed by atoms with Gasteiger partial charge in [0.25, 0.3) is 0 Å². The Hall–Kier alpha value is 1.74. The van der Waals surface area contributed by atoms with Crippen LogP contribution in [0.25, 0.3) is 0 Å². The van der Waals surface area contributed by atoms with Gasteiger partial charge in [-0.05, 0) is 25.7 Å². The standard InChI is InChI=1S/C21H38Cl6/c22-20(23,24)18-16-14-12-10-8-6-4-2-1-3-5-7-9-11-13-15-17-19-21(25,26)27/h1-19H2. The van der Waals surface area contributed by atoms with Crippen LogP contribution in [0.3, 0.4) is 0 Å². The molecule has 0 nitrogen and oxygen atoms in total. The first-order chi connectivity index (χ1) is 12.7. The third-order valence-electron chi connectivity index (χ3n) is 4.92. The lowest BCUT2D eigenvalue weighted by molar-refractivity contribution is 0.523. The van der Waals surface area contributed by atoms with E-state index in [1.54, 1.807) is 0 Å². The second-order valence-corrected chi connectivity index (χ2v) is 12.8. The summed E-state index contributed by atoms with van der Waals surface area (Å²) in [6, 6.07) is 0. The highest BCUT2D eigenvalue weighted by Crippen LogP contribution is 2.32. The van der Waals surface area contributed by atoms with Crippen molar-refractivity contribution in [1.29, 1.82) is 0 Å². The van der Waals surface area contributed by atoms with Crippen LogP contribution in [0.5, 0.6) is 0 Å². The molecule has 0 heterocycles. The highest BCUT2D eigenvalue weighted by molar-refractivity contribution is 6.67. The minimum absolute atomic E-state index is 0.675. The third kappa shape index (κ3) is 27.7. The average molecular weight is 503 g/mol. The van der Waals surface area contributed by atoms with E-state index >= 15 is 0 Å². The van der Waals surface area contributed by atoms with Gasteiger partial charge in [0, 0.05) is 0 Å². The van der Waals surface area contributed by atoms with E-state index in [9.17, 15) is 0 Å². The van der Waals surface area contributed by atoms with Crippen LogP contribution in [0, 0.1) is 0 Å². The summed E-state index contributed by atoms with van der Waals surface area (Å²) in [5.74, 6) is 0. The summed E-state index contributed by atoms with van der Waals surface area (Å²) >= 11 is 34.5. The van der Waals surface area contributed by atoms with Crippen molar-refractivity contribution in [1.82, 2.24) is 0 Å². The van der Waals surface area contributed by atoms with Gasteiger partial charge in [-0.2, -0.15) is 0 Å². The van der Waals surface area contributed by atoms with E-state index < -0.39 is 7.59 Å². The number of halogens is 6. The minimum atomic E-state index is -1.06. The van der Waals surface area contributed by atoms with E-state index in [0.29, 0.717) is 12.8 Å². The molecule has 0 N–H and O–H groups in total. The molecule has 0 aromatic rings. The largest absolute Gasteiger partial charge is 0.190 e. The fourth-order valence-electron chi connectivity index (χ4n) is 3.30. The molecule has 27 heavy (non-hydrogen) atoms. The van der Waals surface area contributed by atoms with Gasteiger partial charge in [-0.3, -0.25) is 0 Å². The van der Waals surface area contributed by atoms with Gasteiger partial charge in [-0.15, -0.1) is 0 Å². The van der Waals surface area contributed by atoms with Crippen LogP contribution >= 0.6 is 69.6 Å². The molecule has 0 aliphatic rings. The summed E-state index contributed by atoms with van der Waals surface area (Å²) in [7, 11) is 0. The lowest BCUT2D eigenvalue weighted by atomic mass is 10.0. The second-order valence-electron chi connectivity index (χ2n) is 7.74. The predicted octanol–water partition coefficient (Wildman–Crippen LogP) is 11.1. The van der Waals surface area contributed by atoms with Crippen LogP contribution in [-0.2, 0) is 0 Å². The Labute approximate surface area is 198 Å². The van der Waals surface area contributed by atoms with Crippen molar-refractivity contribution >= 4 is 69.6 Å². The average Bonchev–Trinajstić information content (AvgIpc) is 2.55. The van der Waals surface area contributed by atoms with E-state index in [0.717, 1.165) is 12.8 Å². The van der Waals surface area contributed by atoms with Crippen molar-refractivity contribution in [3.05, 3.63) is 0 Å². The van der Waals surface area contributed by atoms with Gasteiger partial charge in [0.15, 0.2) is 7.59 Å². The summed E-state index contributed by atoms with van der Waals surface area (Å²) in [6.45, 7) is 0. The molecule has 0 saturated heterocycles. The van der Waals surface area contributed by atoms with Gasteiger partial charge in [-0.1, -0.05) is 166 Å². The first-order valence-electron chi connectivity index (χ1n) is 10.8. The van der Waals surface area contributed by atoms with E-state index in [2.05, 4.69) is 0 Å². The lowest BCUT2D eigenvalue weighted by Crippen LogP contribution is -2.00. The first-order valence-corrected chi connectivity index (χ1v) is 13.1. The Kier molecular flexibility index (Phi) is 19.7. The molecule has 0 amide bonds. The lowest BCUT2D eigenvalue weighted by Gasteiger charge is -2.09. The normalized spacial score (nSPS) is 12.7. The second kappa shape index (κ2) is 18.5. The zero-order valence-electron chi connectivity index (χ0n) is 16.7. The fourth-order valence-corrected chi connectivity index (χ4v) is 4.10. The van der Waals surface area contributed by atoms with Crippen molar-refractivity contribution in [2.45, 2.75) is 130 Å². The smallest absolute Gasteiger partial charge is 0.0837 e. The molecule has 0 aromatic carbocycles. The maximum Gasteiger partial charge on any atom is 0.190 e. The maximum absolute atomic E-state index is 5.74. The van der Waals surface area contributed by atoms with Crippen LogP contribution in [0.2, 0.25) is 0 Å². The molecule has 0 bridgehead atoms. The Morgan fingerprint density at radius 3 is 0.556 bits per heavy atom. The van der Waals surface area contributed by atoms with Crippen LogP contribution in [0.4, 0.5) is 0 Å². The summed E-state index contributed by atoms with van der Waals surface area (Å²) in [5.41, 5.74) is 0. The predicted molar refractivity (Wildman–Crippen MR) is 128 cm³/mol. The summed E-state index contributed by atoms with van der Waals surface area (Å²) < 4.78 is -2.13. The van der Waals surface area contributed by atoms with Crippen molar-refractivity contribution in [2.24, 2.45) is 0 Å². The van der Waals surface area contributed by atoms with E-state index in [-0.39, 0.29) is 0 Å². The molecule has 0 unspecified atom stereocenters. The van der Waals surface area contributed by atoms with E-state index in [1.807, 2.05) is 0 Å². The molecule has 0 aliphatic carbocycles. The molecule has 0 saturated carbocycles. The Bertz CT molecular complexity index is 279. The molecule has 0 radical (unpaired) electrons. The van der Waals surface area contributed by atoms with Gasteiger partial charge in [0.05, 0.1) is 0 Å². The molecule has 0 fully saturated rings. The topological polar surface area (TPSA) is 0 Å². The number of alkyl halides is 6. The highest BCUT2D eigenvalue weighted by Gasteiger charge is 2.18. The number of unbranched alkanes of at least 4 members (excludes halogenated alkanes) is 16. The van der Waals surface area contributed by atoms with Crippen molar-refractivity contribution in [2.75, 3.05) is 0 Å². The van der Waals surface area contributed by atoms with Gasteiger partial charge in [0.1, 0.15) is 0 Å². The van der Waals surface area contributed by atoms with Crippen LogP contribution in [-0.4, -0.2) is 7.59 Å². The molecular formula is C21H38Cl6. The first kappa shape index (κ1) is 28.7. The van der Waals surface area contributed by atoms with Gasteiger partial charge in [0.2, 0.25) is 0 Å². The van der Waals surface area contributed by atoms with E-state index in [1.165, 1.54) is 96.3 Å². The Balaban J connectivity index is 3.07. The molecular weight excluding hydrogens is 465 g/mol. The van der Waals surface area contributed by atoms with Crippen molar-refractivity contribution in [3.63, 3.8) is 0 Å². The molecule has 0 aromatic heterocycles. The van der Waals surface area contributed by atoms with Crippen molar-refractivity contribution < 1.29 is 0 Å². The summed E-state index contributed by atoms with van der Waals surface area (Å²) in [6.07, 6.45) is 23.3. The Morgan fingerprint density at radius 2 is 0.407 bits per heavy atom. The number of rotatable bonds is 18. The molecule has 0 aliphatic heterocycles. The van der Waals surface area contributed by atoms with Crippen LogP contribution in [0.1, 0.15) is 122 Å². The fraction of sp³-hybridized carbons (Fsp3) is 1.00. The zero-order valence-corrected chi connectivity index (χ0v) is 21.2. The molecule has 0 spiro atoms. The molecule has 0 rings (SSSR count). The maximum atomic E-state index is 5.74. The van der Waals surface area contributed by atoms with Gasteiger partial charge in [-0.25, -0.2) is 0 Å². The van der Waals surface area contributed by atoms with E-state index in [4.69, 9.17) is 69.6 Å². The summed E-state index contributed by atoms with van der Waals surface area (Å²) in [4.78, 5) is 0. The Morgan fingerprint density at radius 1 is 0.259 bits per heavy atom. The monoisotopic (exact) mass is 500 g/mol. The number of hydrogen-bond donors (Lipinski definition) is 0. The highest BCUT2D eigenvalue weighted by atomic mass is 35.6. The zero-order chi connectivity index (χ0) is 20.4. The third-order valence-corrected chi connectivity index (χ3v) is 6.05. The minimum Gasteiger partial charge on any atom is -0.0837 e. The molecule has 164 valence electrons. The van der Waals surface area contributed by atoms with Crippen molar-refractivity contribution in [3.8, 4) is 0 Å². The van der Waals surface area contributed by atoms with Crippen LogP contribution < -0.4 is 0 Å². The van der Waals surface area contributed by atoms with Gasteiger partial charge < -0.3 is 0 Å². The van der Waals surface area contributed by atoms with Gasteiger partial charge >= 0.3 is 0 Å². The molecule has 6 heteroatoms. The summed E-state index contributed by atoms with van der Waals surface area (Å²) in [5, 5.41) is 0. The molecule has 0 atom stereocenters. The van der Waals surface area contributed by atoms with Crippen LogP contribution in [0.15, 0.2) is 0 Å². The number of hydrogen-bond acceptors (Lipinski definition) is 0. The SMILES string of the molecule is ClC(Cl)(Cl)CCCCCCCCCCCCCCCCCCCC(Cl)(Cl)Cl. The quantitative estimate of drug-likeness (QED) is 0.129.